The van der Waals surface area contributed by atoms with Gasteiger partial charge in [0.25, 0.3) is 0 Å². The Morgan fingerprint density at radius 2 is 0.712 bits per heavy atom. The number of anilines is 6. The van der Waals surface area contributed by atoms with Crippen LogP contribution in [0.5, 0.6) is 0 Å². The zero-order chi connectivity index (χ0) is 39.6. The van der Waals surface area contributed by atoms with Crippen molar-refractivity contribution in [3.63, 3.8) is 0 Å². The van der Waals surface area contributed by atoms with Crippen LogP contribution in [0.15, 0.2) is 188 Å². The fraction of sp³-hybridized carbons (Fsp3) is 0.0545. The Kier molecular flexibility index (Phi) is 8.12. The highest BCUT2D eigenvalue weighted by Crippen LogP contribution is 2.54. The minimum absolute atomic E-state index is 0.884. The number of benzene rings is 9. The van der Waals surface area contributed by atoms with Crippen molar-refractivity contribution in [2.24, 2.45) is 0 Å². The van der Waals surface area contributed by atoms with Gasteiger partial charge in [0.2, 0.25) is 0 Å². The Balaban J connectivity index is 1.36. The summed E-state index contributed by atoms with van der Waals surface area (Å²) in [5, 5.41) is 13.6. The highest BCUT2D eigenvalue weighted by molar-refractivity contribution is 6.26. The Morgan fingerprint density at radius 3 is 1.20 bits per heavy atom. The van der Waals surface area contributed by atoms with Crippen LogP contribution in [0.4, 0.5) is 34.4 Å². The molecular weight excluding hydrogens is 717 g/mol. The van der Waals surface area contributed by atoms with Gasteiger partial charge >= 0.3 is 0 Å². The minimum Gasteiger partial charge on any atom is -0.293 e. The Hall–Kier alpha value is -7.56. The van der Waals surface area contributed by atoms with Gasteiger partial charge in [-0.05, 0) is 95.9 Å². The molecule has 0 amide bonds. The number of hydrogen-bond donors (Lipinski definition) is 0. The van der Waals surface area contributed by atoms with Crippen LogP contribution >= 0.6 is 0 Å². The van der Waals surface area contributed by atoms with E-state index < -0.39 is 0 Å². The van der Waals surface area contributed by atoms with Gasteiger partial charge in [0, 0.05) is 55.5 Å². The fourth-order valence-electron chi connectivity index (χ4n) is 9.09. The maximum Gasteiger partial charge on any atom is 0.145 e. The number of nitrogens with zero attached hydrogens (tertiary/aromatic N) is 4. The Labute approximate surface area is 343 Å². The summed E-state index contributed by atoms with van der Waals surface area (Å²) in [5.74, 6) is 1.77. The molecule has 0 radical (unpaired) electrons. The molecule has 9 aromatic carbocycles. The van der Waals surface area contributed by atoms with Crippen LogP contribution in [0, 0.1) is 20.8 Å². The van der Waals surface area contributed by atoms with E-state index in [1.807, 2.05) is 12.4 Å². The van der Waals surface area contributed by atoms with E-state index in [0.717, 1.165) is 88.2 Å². The van der Waals surface area contributed by atoms with E-state index in [1.54, 1.807) is 0 Å². The predicted molar refractivity (Wildman–Crippen MR) is 251 cm³/mol. The van der Waals surface area contributed by atoms with Gasteiger partial charge in [-0.15, -0.1) is 0 Å². The van der Waals surface area contributed by atoms with Gasteiger partial charge in [0.1, 0.15) is 11.6 Å². The molecular formula is C55H40N4. The lowest BCUT2D eigenvalue weighted by Gasteiger charge is -2.34. The molecule has 0 atom stereocenters. The van der Waals surface area contributed by atoms with Crippen molar-refractivity contribution in [1.29, 1.82) is 0 Å². The smallest absolute Gasteiger partial charge is 0.145 e. The summed E-state index contributed by atoms with van der Waals surface area (Å²) in [6, 6.07) is 63.7. The van der Waals surface area contributed by atoms with E-state index in [9.17, 15) is 0 Å². The monoisotopic (exact) mass is 756 g/mol. The van der Waals surface area contributed by atoms with Crippen LogP contribution < -0.4 is 9.80 Å². The summed E-state index contributed by atoms with van der Waals surface area (Å²) in [6.45, 7) is 6.65. The standard InChI is InChI=1S/C55H40N4/c1-35-26-27-46-47(32-35)53(59(51-25-13-19-39-15-5-9-21-43(39)51)55-45-23-11-7-17-41(45)29-31-57-55)49-34-37(3)36(2)33-48(49)52(46)58(50-24-12-18-38-14-4-8-20-42(38)50)54-44-22-10-6-16-40(44)28-30-56-54/h4-34H,1-3H3. The zero-order valence-corrected chi connectivity index (χ0v) is 33.2. The number of hydrogen-bond acceptors (Lipinski definition) is 4. The largest absolute Gasteiger partial charge is 0.293 e. The van der Waals surface area contributed by atoms with Crippen LogP contribution in [0.3, 0.4) is 0 Å². The lowest BCUT2D eigenvalue weighted by molar-refractivity contribution is 1.21. The third-order valence-electron chi connectivity index (χ3n) is 12.0. The maximum atomic E-state index is 5.27. The molecule has 0 aliphatic heterocycles. The molecule has 280 valence electrons. The molecule has 11 aromatic rings. The number of aryl methyl sites for hydroxylation is 3. The average Bonchev–Trinajstić information content (AvgIpc) is 3.28. The van der Waals surface area contributed by atoms with Crippen LogP contribution in [-0.2, 0) is 0 Å². The van der Waals surface area contributed by atoms with E-state index in [2.05, 4.69) is 206 Å². The van der Waals surface area contributed by atoms with E-state index >= 15 is 0 Å². The van der Waals surface area contributed by atoms with Crippen molar-refractivity contribution in [2.45, 2.75) is 20.8 Å². The number of rotatable bonds is 6. The third-order valence-corrected chi connectivity index (χ3v) is 12.0. The van der Waals surface area contributed by atoms with Crippen LogP contribution in [-0.4, -0.2) is 9.97 Å². The van der Waals surface area contributed by atoms with E-state index in [1.165, 1.54) is 27.5 Å². The highest BCUT2D eigenvalue weighted by Gasteiger charge is 2.29. The number of pyridine rings is 2. The molecule has 11 rings (SSSR count). The summed E-state index contributed by atoms with van der Waals surface area (Å²) in [5.41, 5.74) is 7.95. The fourth-order valence-corrected chi connectivity index (χ4v) is 9.09. The lowest BCUT2D eigenvalue weighted by atomic mass is 9.91. The van der Waals surface area contributed by atoms with Crippen molar-refractivity contribution in [3.05, 3.63) is 205 Å². The third kappa shape index (κ3) is 5.60. The summed E-state index contributed by atoms with van der Waals surface area (Å²) < 4.78 is 0. The second-order valence-corrected chi connectivity index (χ2v) is 15.6. The molecule has 0 aliphatic rings. The predicted octanol–water partition coefficient (Wildman–Crippen LogP) is 15.3. The quantitative estimate of drug-likeness (QED) is 0.125. The number of aromatic nitrogens is 2. The molecule has 0 aliphatic carbocycles. The second kappa shape index (κ2) is 13.8. The van der Waals surface area contributed by atoms with Crippen molar-refractivity contribution in [2.75, 3.05) is 9.80 Å². The normalized spacial score (nSPS) is 11.6. The van der Waals surface area contributed by atoms with Crippen molar-refractivity contribution in [1.82, 2.24) is 9.97 Å². The van der Waals surface area contributed by atoms with E-state index in [0.29, 0.717) is 0 Å². The molecule has 4 nitrogen and oxygen atoms in total. The molecule has 2 heterocycles. The van der Waals surface area contributed by atoms with Gasteiger partial charge in [0.05, 0.1) is 22.7 Å². The van der Waals surface area contributed by atoms with E-state index in [4.69, 9.17) is 9.97 Å². The molecule has 0 bridgehead atoms. The van der Waals surface area contributed by atoms with Gasteiger partial charge in [-0.1, -0.05) is 139 Å². The summed E-state index contributed by atoms with van der Waals surface area (Å²) in [4.78, 5) is 15.4. The van der Waals surface area contributed by atoms with Crippen LogP contribution in [0.25, 0.3) is 64.6 Å². The van der Waals surface area contributed by atoms with Gasteiger partial charge in [-0.25, -0.2) is 9.97 Å². The van der Waals surface area contributed by atoms with Gasteiger partial charge in [0.15, 0.2) is 0 Å². The Bertz CT molecular complexity index is 3280. The van der Waals surface area contributed by atoms with E-state index in [-0.39, 0.29) is 0 Å². The summed E-state index contributed by atoms with van der Waals surface area (Å²) in [7, 11) is 0. The molecule has 0 saturated heterocycles. The first kappa shape index (κ1) is 34.7. The van der Waals surface area contributed by atoms with Crippen LogP contribution in [0.2, 0.25) is 0 Å². The van der Waals surface area contributed by atoms with Gasteiger partial charge in [-0.3, -0.25) is 9.80 Å². The number of fused-ring (bicyclic) bond motifs is 6. The SMILES string of the molecule is Cc1ccc2c(N(c3cccc4ccccc34)c3nccc4ccccc34)c3cc(C)c(C)cc3c(N(c3cccc4ccccc34)c3nccc4ccccc34)c2c1. The molecule has 0 N–H and O–H groups in total. The molecule has 2 aromatic heterocycles. The average molecular weight is 757 g/mol. The van der Waals surface area contributed by atoms with Crippen molar-refractivity contribution < 1.29 is 0 Å². The summed E-state index contributed by atoms with van der Waals surface area (Å²) in [6.07, 6.45) is 3.89. The maximum absolute atomic E-state index is 5.27. The summed E-state index contributed by atoms with van der Waals surface area (Å²) >= 11 is 0. The first-order valence-corrected chi connectivity index (χ1v) is 20.2. The van der Waals surface area contributed by atoms with Gasteiger partial charge < -0.3 is 0 Å². The van der Waals surface area contributed by atoms with Crippen molar-refractivity contribution in [3.8, 4) is 0 Å². The van der Waals surface area contributed by atoms with Gasteiger partial charge in [-0.2, -0.15) is 0 Å². The molecule has 4 heteroatoms. The first-order valence-electron chi connectivity index (χ1n) is 20.2. The minimum atomic E-state index is 0.884. The second-order valence-electron chi connectivity index (χ2n) is 15.6. The molecule has 0 unspecified atom stereocenters. The topological polar surface area (TPSA) is 32.3 Å². The molecule has 0 spiro atoms. The lowest BCUT2D eigenvalue weighted by Crippen LogP contribution is -2.17. The molecule has 59 heavy (non-hydrogen) atoms. The van der Waals surface area contributed by atoms with Crippen LogP contribution in [0.1, 0.15) is 16.7 Å². The first-order chi connectivity index (χ1) is 29.0. The Morgan fingerprint density at radius 1 is 0.322 bits per heavy atom. The molecule has 0 fully saturated rings. The van der Waals surface area contributed by atoms with Crippen molar-refractivity contribution >= 4 is 99.0 Å². The molecule has 0 saturated carbocycles. The highest BCUT2D eigenvalue weighted by atomic mass is 15.2. The zero-order valence-electron chi connectivity index (χ0n) is 33.2.